The van der Waals surface area contributed by atoms with Gasteiger partial charge in [-0.1, -0.05) is 0 Å². The lowest BCUT2D eigenvalue weighted by Crippen LogP contribution is -2.51. The van der Waals surface area contributed by atoms with E-state index in [9.17, 15) is 9.90 Å². The Morgan fingerprint density at radius 3 is 2.62 bits per heavy atom. The molecule has 3 aliphatic rings. The van der Waals surface area contributed by atoms with Gasteiger partial charge in [-0.15, -0.1) is 0 Å². The Balaban J connectivity index is 1.70. The number of aryl methyl sites for hydroxylation is 1. The largest absolute Gasteiger partial charge is 0.481 e. The highest BCUT2D eigenvalue weighted by molar-refractivity contribution is 6.28. The standard InChI is InChI=1S/C18H20ClFN4O2/c1-24-7-6-11(8-24)15-13(20)16(23-18(19)22-15)21-14-10-4-2-9(3-5-10)12(14)17(25)26/h6-10,12,14H,2-5H2,1H3,(H,25,26)(H,21,22,23). The highest BCUT2D eigenvalue weighted by Gasteiger charge is 2.47. The molecule has 3 fully saturated rings. The first-order chi connectivity index (χ1) is 12.4. The number of carboxylic acid groups (broad SMARTS) is 1. The van der Waals surface area contributed by atoms with Crippen LogP contribution in [0.2, 0.25) is 5.28 Å². The third-order valence-corrected chi connectivity index (χ3v) is 5.91. The molecule has 8 heteroatoms. The zero-order valence-corrected chi connectivity index (χ0v) is 15.1. The molecule has 0 aromatic carbocycles. The van der Waals surface area contributed by atoms with E-state index in [1.807, 2.05) is 7.05 Å². The van der Waals surface area contributed by atoms with Crippen LogP contribution >= 0.6 is 11.6 Å². The topological polar surface area (TPSA) is 80.0 Å². The number of aromatic nitrogens is 3. The van der Waals surface area contributed by atoms with Gasteiger partial charge in [0.15, 0.2) is 11.6 Å². The summed E-state index contributed by atoms with van der Waals surface area (Å²) in [5.41, 5.74) is 0.707. The van der Waals surface area contributed by atoms with Gasteiger partial charge in [-0.25, -0.2) is 9.37 Å². The summed E-state index contributed by atoms with van der Waals surface area (Å²) in [7, 11) is 1.83. The van der Waals surface area contributed by atoms with E-state index in [2.05, 4.69) is 15.3 Å². The minimum absolute atomic E-state index is 0.0207. The SMILES string of the molecule is Cn1ccc(-c2nc(Cl)nc(NC3C4CCC(CC4)C3C(=O)O)c2F)c1. The summed E-state index contributed by atoms with van der Waals surface area (Å²) < 4.78 is 16.9. The first kappa shape index (κ1) is 17.3. The number of hydrogen-bond donors (Lipinski definition) is 2. The molecule has 0 aliphatic heterocycles. The summed E-state index contributed by atoms with van der Waals surface area (Å²) in [5, 5.41) is 12.7. The summed E-state index contributed by atoms with van der Waals surface area (Å²) in [6.45, 7) is 0. The molecule has 3 saturated carbocycles. The molecule has 0 amide bonds. The van der Waals surface area contributed by atoms with E-state index in [-0.39, 0.29) is 34.7 Å². The molecule has 2 unspecified atom stereocenters. The fourth-order valence-corrected chi connectivity index (χ4v) is 4.69. The summed E-state index contributed by atoms with van der Waals surface area (Å²) in [4.78, 5) is 19.8. The molecule has 2 N–H and O–H groups in total. The maximum atomic E-state index is 15.1. The molecular formula is C18H20ClFN4O2. The smallest absolute Gasteiger partial charge is 0.308 e. The minimum atomic E-state index is -0.833. The maximum absolute atomic E-state index is 15.1. The van der Waals surface area contributed by atoms with Crippen molar-refractivity contribution in [1.82, 2.24) is 14.5 Å². The predicted octanol–water partition coefficient (Wildman–Crippen LogP) is 3.58. The van der Waals surface area contributed by atoms with Crippen LogP contribution in [0.1, 0.15) is 25.7 Å². The van der Waals surface area contributed by atoms with E-state index in [0.29, 0.717) is 5.56 Å². The van der Waals surface area contributed by atoms with Gasteiger partial charge in [0, 0.05) is 31.0 Å². The van der Waals surface area contributed by atoms with E-state index in [1.54, 1.807) is 23.0 Å². The van der Waals surface area contributed by atoms with Gasteiger partial charge < -0.3 is 15.0 Å². The first-order valence-electron chi connectivity index (χ1n) is 8.78. The van der Waals surface area contributed by atoms with Gasteiger partial charge in [0.25, 0.3) is 0 Å². The highest BCUT2D eigenvalue weighted by Crippen LogP contribution is 2.46. The van der Waals surface area contributed by atoms with Crippen molar-refractivity contribution in [3.8, 4) is 11.3 Å². The van der Waals surface area contributed by atoms with Crippen molar-refractivity contribution in [2.45, 2.75) is 31.7 Å². The van der Waals surface area contributed by atoms with Crippen LogP contribution in [0.4, 0.5) is 10.2 Å². The van der Waals surface area contributed by atoms with Crippen molar-refractivity contribution < 1.29 is 14.3 Å². The van der Waals surface area contributed by atoms with Gasteiger partial charge in [0.1, 0.15) is 5.69 Å². The Labute approximate surface area is 155 Å². The number of carboxylic acids is 1. The first-order valence-corrected chi connectivity index (χ1v) is 9.16. The minimum Gasteiger partial charge on any atom is -0.481 e. The Morgan fingerprint density at radius 1 is 1.31 bits per heavy atom. The lowest BCUT2D eigenvalue weighted by molar-refractivity contribution is -0.148. The molecule has 5 rings (SSSR count). The molecule has 2 bridgehead atoms. The summed E-state index contributed by atoms with van der Waals surface area (Å²) in [5.74, 6) is -1.66. The molecule has 2 atom stereocenters. The molecule has 0 radical (unpaired) electrons. The molecule has 138 valence electrons. The monoisotopic (exact) mass is 378 g/mol. The maximum Gasteiger partial charge on any atom is 0.308 e. The van der Waals surface area contributed by atoms with Crippen LogP contribution in [-0.2, 0) is 11.8 Å². The molecule has 0 spiro atoms. The number of carbonyl (C=O) groups is 1. The number of fused-ring (bicyclic) bond motifs is 3. The number of nitrogens with zero attached hydrogens (tertiary/aromatic N) is 3. The van der Waals surface area contributed by atoms with Gasteiger partial charge in [0.05, 0.1) is 5.92 Å². The van der Waals surface area contributed by atoms with Crippen molar-refractivity contribution >= 4 is 23.4 Å². The molecular weight excluding hydrogens is 359 g/mol. The van der Waals surface area contributed by atoms with Gasteiger partial charge in [0.2, 0.25) is 5.28 Å². The van der Waals surface area contributed by atoms with Crippen LogP contribution < -0.4 is 5.32 Å². The number of hydrogen-bond acceptors (Lipinski definition) is 4. The summed E-state index contributed by atoms with van der Waals surface area (Å²) >= 11 is 6.02. The molecule has 6 nitrogen and oxygen atoms in total. The fourth-order valence-electron chi connectivity index (χ4n) is 4.52. The van der Waals surface area contributed by atoms with Crippen LogP contribution in [0.5, 0.6) is 0 Å². The number of aliphatic carboxylic acids is 1. The van der Waals surface area contributed by atoms with Crippen molar-refractivity contribution in [2.75, 3.05) is 5.32 Å². The third kappa shape index (κ3) is 2.94. The van der Waals surface area contributed by atoms with Crippen LogP contribution in [0.15, 0.2) is 18.5 Å². The molecule has 2 heterocycles. The molecule has 26 heavy (non-hydrogen) atoms. The number of nitrogens with one attached hydrogen (secondary N) is 1. The zero-order chi connectivity index (χ0) is 18.4. The van der Waals surface area contributed by atoms with E-state index >= 15 is 4.39 Å². The van der Waals surface area contributed by atoms with Crippen LogP contribution in [0.3, 0.4) is 0 Å². The predicted molar refractivity (Wildman–Crippen MR) is 95.4 cm³/mol. The summed E-state index contributed by atoms with van der Waals surface area (Å²) in [6, 6.07) is 1.40. The van der Waals surface area contributed by atoms with Gasteiger partial charge >= 0.3 is 5.97 Å². The second-order valence-corrected chi connectivity index (χ2v) is 7.62. The van der Waals surface area contributed by atoms with Crippen LogP contribution in [0.25, 0.3) is 11.3 Å². The normalized spacial score (nSPS) is 27.5. The van der Waals surface area contributed by atoms with E-state index < -0.39 is 17.7 Å². The van der Waals surface area contributed by atoms with Gasteiger partial charge in [-0.05, 0) is 55.2 Å². The van der Waals surface area contributed by atoms with E-state index in [0.717, 1.165) is 25.7 Å². The lowest BCUT2D eigenvalue weighted by Gasteiger charge is -2.47. The quantitative estimate of drug-likeness (QED) is 0.795. The second kappa shape index (κ2) is 6.54. The molecule has 3 aliphatic carbocycles. The Morgan fingerprint density at radius 2 is 2.00 bits per heavy atom. The second-order valence-electron chi connectivity index (χ2n) is 7.28. The van der Waals surface area contributed by atoms with Crippen LogP contribution in [0, 0.1) is 23.6 Å². The van der Waals surface area contributed by atoms with E-state index in [4.69, 9.17) is 11.6 Å². The average molecular weight is 379 g/mol. The van der Waals surface area contributed by atoms with Crippen molar-refractivity contribution in [3.05, 3.63) is 29.6 Å². The third-order valence-electron chi connectivity index (χ3n) is 5.74. The van der Waals surface area contributed by atoms with E-state index in [1.165, 1.54) is 0 Å². The van der Waals surface area contributed by atoms with Crippen molar-refractivity contribution in [1.29, 1.82) is 0 Å². The fraction of sp³-hybridized carbons (Fsp3) is 0.500. The lowest BCUT2D eigenvalue weighted by atomic mass is 9.61. The number of halogens is 2. The Bertz CT molecular complexity index is 848. The van der Waals surface area contributed by atoms with Gasteiger partial charge in [-0.3, -0.25) is 4.79 Å². The number of rotatable bonds is 4. The van der Waals surface area contributed by atoms with Crippen molar-refractivity contribution in [3.63, 3.8) is 0 Å². The Kier molecular flexibility index (Phi) is 4.34. The molecule has 2 aromatic rings. The molecule has 0 saturated heterocycles. The van der Waals surface area contributed by atoms with Crippen molar-refractivity contribution in [2.24, 2.45) is 24.8 Å². The number of anilines is 1. The highest BCUT2D eigenvalue weighted by atomic mass is 35.5. The average Bonchev–Trinajstić information content (AvgIpc) is 3.04. The summed E-state index contributed by atoms with van der Waals surface area (Å²) in [6.07, 6.45) is 7.28. The zero-order valence-electron chi connectivity index (χ0n) is 14.3. The van der Waals surface area contributed by atoms with Gasteiger partial charge in [-0.2, -0.15) is 4.98 Å². The molecule has 2 aromatic heterocycles. The Hall–Kier alpha value is -2.15. The van der Waals surface area contributed by atoms with Crippen LogP contribution in [-0.4, -0.2) is 31.7 Å².